The lowest BCUT2D eigenvalue weighted by Gasteiger charge is -2.37. The zero-order chi connectivity index (χ0) is 15.6. The van der Waals surface area contributed by atoms with Gasteiger partial charge in [0.05, 0.1) is 12.0 Å². The summed E-state index contributed by atoms with van der Waals surface area (Å²) in [4.78, 5) is 12.5. The van der Waals surface area contributed by atoms with E-state index in [1.54, 1.807) is 19.1 Å². The number of carbonyl (C=O) groups excluding carboxylic acids is 1. The Morgan fingerprint density at radius 2 is 2.14 bits per heavy atom. The van der Waals surface area contributed by atoms with Crippen LogP contribution in [0.5, 0.6) is 0 Å². The molecule has 1 aliphatic carbocycles. The monoisotopic (exact) mass is 328 g/mol. The predicted molar refractivity (Wildman–Crippen MR) is 89.5 cm³/mol. The number of halogens is 2. The second-order valence-electron chi connectivity index (χ2n) is 6.54. The SMILES string of the molecule is Cc1cc(C(C)NC(=O)C2CCCCC2(C)N)ccc1F.Cl. The van der Waals surface area contributed by atoms with Crippen LogP contribution in [0.15, 0.2) is 18.2 Å². The van der Waals surface area contributed by atoms with Crippen molar-refractivity contribution in [1.82, 2.24) is 5.32 Å². The molecule has 0 bridgehead atoms. The van der Waals surface area contributed by atoms with Gasteiger partial charge in [0.1, 0.15) is 5.82 Å². The van der Waals surface area contributed by atoms with Crippen LogP contribution in [0.25, 0.3) is 0 Å². The topological polar surface area (TPSA) is 55.1 Å². The molecule has 124 valence electrons. The van der Waals surface area contributed by atoms with E-state index in [-0.39, 0.29) is 36.1 Å². The zero-order valence-electron chi connectivity index (χ0n) is 13.5. The fraction of sp³-hybridized carbons (Fsp3) is 0.588. The van der Waals surface area contributed by atoms with Crippen LogP contribution < -0.4 is 11.1 Å². The summed E-state index contributed by atoms with van der Waals surface area (Å²) in [7, 11) is 0. The van der Waals surface area contributed by atoms with Crippen LogP contribution in [0, 0.1) is 18.7 Å². The number of hydrogen-bond acceptors (Lipinski definition) is 2. The fourth-order valence-electron chi connectivity index (χ4n) is 3.12. The quantitative estimate of drug-likeness (QED) is 0.890. The summed E-state index contributed by atoms with van der Waals surface area (Å²) < 4.78 is 13.3. The van der Waals surface area contributed by atoms with Crippen LogP contribution >= 0.6 is 12.4 Å². The first-order valence-electron chi connectivity index (χ1n) is 7.66. The van der Waals surface area contributed by atoms with Crippen molar-refractivity contribution in [2.75, 3.05) is 0 Å². The molecule has 5 heteroatoms. The number of hydrogen-bond donors (Lipinski definition) is 2. The molecule has 1 saturated carbocycles. The highest BCUT2D eigenvalue weighted by Gasteiger charge is 2.38. The molecule has 0 radical (unpaired) electrons. The summed E-state index contributed by atoms with van der Waals surface area (Å²) in [5.74, 6) is -0.358. The molecule has 3 N–H and O–H groups in total. The number of nitrogens with two attached hydrogens (primary N) is 1. The molecular weight excluding hydrogens is 303 g/mol. The third kappa shape index (κ3) is 4.20. The minimum Gasteiger partial charge on any atom is -0.349 e. The van der Waals surface area contributed by atoms with E-state index in [4.69, 9.17) is 5.73 Å². The summed E-state index contributed by atoms with van der Waals surface area (Å²) in [5, 5.41) is 3.03. The maximum absolute atomic E-state index is 13.3. The Labute approximate surface area is 138 Å². The molecule has 0 saturated heterocycles. The van der Waals surface area contributed by atoms with Gasteiger partial charge in [0.25, 0.3) is 0 Å². The zero-order valence-corrected chi connectivity index (χ0v) is 14.3. The van der Waals surface area contributed by atoms with Gasteiger partial charge in [0.2, 0.25) is 5.91 Å². The molecular formula is C17H26ClFN2O. The molecule has 3 unspecified atom stereocenters. The van der Waals surface area contributed by atoms with Crippen LogP contribution in [0.4, 0.5) is 4.39 Å². The first-order chi connectivity index (χ1) is 9.81. The number of benzene rings is 1. The molecule has 0 aromatic heterocycles. The largest absolute Gasteiger partial charge is 0.349 e. The van der Waals surface area contributed by atoms with E-state index in [2.05, 4.69) is 5.32 Å². The maximum Gasteiger partial charge on any atom is 0.225 e. The minimum absolute atomic E-state index is 0. The average Bonchev–Trinajstić information content (AvgIpc) is 2.41. The van der Waals surface area contributed by atoms with Crippen LogP contribution in [-0.2, 0) is 4.79 Å². The van der Waals surface area contributed by atoms with Crippen molar-refractivity contribution in [1.29, 1.82) is 0 Å². The third-order valence-corrected chi connectivity index (χ3v) is 4.61. The number of rotatable bonds is 3. The fourth-order valence-corrected chi connectivity index (χ4v) is 3.12. The van der Waals surface area contributed by atoms with Gasteiger partial charge in [-0.3, -0.25) is 4.79 Å². The molecule has 0 spiro atoms. The Kier molecular flexibility index (Phi) is 6.38. The molecule has 22 heavy (non-hydrogen) atoms. The van der Waals surface area contributed by atoms with Crippen LogP contribution in [0.2, 0.25) is 0 Å². The van der Waals surface area contributed by atoms with Gasteiger partial charge in [0, 0.05) is 5.54 Å². The van der Waals surface area contributed by atoms with Crippen LogP contribution in [0.1, 0.15) is 56.7 Å². The van der Waals surface area contributed by atoms with E-state index in [1.165, 1.54) is 6.07 Å². The van der Waals surface area contributed by atoms with Gasteiger partial charge in [0.15, 0.2) is 0 Å². The Bertz CT molecular complexity index is 533. The Hall–Kier alpha value is -1.13. The van der Waals surface area contributed by atoms with Gasteiger partial charge in [-0.2, -0.15) is 0 Å². The van der Waals surface area contributed by atoms with Crippen LogP contribution in [-0.4, -0.2) is 11.4 Å². The van der Waals surface area contributed by atoms with Crippen molar-refractivity contribution in [3.05, 3.63) is 35.1 Å². The molecule has 1 aromatic rings. The van der Waals surface area contributed by atoms with E-state index < -0.39 is 5.54 Å². The lowest BCUT2D eigenvalue weighted by molar-refractivity contribution is -0.128. The van der Waals surface area contributed by atoms with E-state index in [0.717, 1.165) is 31.2 Å². The first-order valence-corrected chi connectivity index (χ1v) is 7.66. The molecule has 1 aromatic carbocycles. The lowest BCUT2D eigenvalue weighted by Crippen LogP contribution is -2.53. The van der Waals surface area contributed by atoms with Crippen molar-refractivity contribution in [2.45, 2.75) is 58.0 Å². The molecule has 2 rings (SSSR count). The summed E-state index contributed by atoms with van der Waals surface area (Å²) in [6.07, 6.45) is 3.86. The van der Waals surface area contributed by atoms with E-state index in [1.807, 2.05) is 13.8 Å². The standard InChI is InChI=1S/C17H25FN2O.ClH/c1-11-10-13(7-8-15(11)18)12(2)20-16(21)14-6-4-5-9-17(14,3)19;/h7-8,10,12,14H,4-6,9,19H2,1-3H3,(H,20,21);1H. The molecule has 3 atom stereocenters. The number of carbonyl (C=O) groups is 1. The van der Waals surface area contributed by atoms with Gasteiger partial charge < -0.3 is 11.1 Å². The third-order valence-electron chi connectivity index (χ3n) is 4.61. The minimum atomic E-state index is -0.430. The smallest absolute Gasteiger partial charge is 0.225 e. The van der Waals surface area contributed by atoms with Gasteiger partial charge in [-0.05, 0) is 50.8 Å². The van der Waals surface area contributed by atoms with Gasteiger partial charge in [-0.25, -0.2) is 4.39 Å². The van der Waals surface area contributed by atoms with Crippen LogP contribution in [0.3, 0.4) is 0 Å². The van der Waals surface area contributed by atoms with Crippen molar-refractivity contribution in [3.8, 4) is 0 Å². The van der Waals surface area contributed by atoms with E-state index in [9.17, 15) is 9.18 Å². The Morgan fingerprint density at radius 3 is 2.73 bits per heavy atom. The van der Waals surface area contributed by atoms with Crippen molar-refractivity contribution >= 4 is 18.3 Å². The summed E-state index contributed by atoms with van der Waals surface area (Å²) in [6, 6.07) is 4.80. The average molecular weight is 329 g/mol. The van der Waals surface area contributed by atoms with Crippen molar-refractivity contribution < 1.29 is 9.18 Å². The molecule has 3 nitrogen and oxygen atoms in total. The lowest BCUT2D eigenvalue weighted by atomic mass is 9.74. The number of amides is 1. The maximum atomic E-state index is 13.3. The van der Waals surface area contributed by atoms with Gasteiger partial charge in [-0.15, -0.1) is 12.4 Å². The van der Waals surface area contributed by atoms with Gasteiger partial charge >= 0.3 is 0 Å². The normalized spacial score (nSPS) is 26.0. The van der Waals surface area contributed by atoms with Crippen molar-refractivity contribution in [2.24, 2.45) is 11.7 Å². The van der Waals surface area contributed by atoms with Crippen molar-refractivity contribution in [3.63, 3.8) is 0 Å². The molecule has 0 aliphatic heterocycles. The van der Waals surface area contributed by atoms with E-state index >= 15 is 0 Å². The predicted octanol–water partition coefficient (Wildman–Crippen LogP) is 3.64. The summed E-state index contributed by atoms with van der Waals surface area (Å²) in [5.41, 5.74) is 7.35. The number of nitrogens with one attached hydrogen (secondary N) is 1. The van der Waals surface area contributed by atoms with Gasteiger partial charge in [-0.1, -0.05) is 25.0 Å². The Balaban J connectivity index is 0.00000242. The highest BCUT2D eigenvalue weighted by Crippen LogP contribution is 2.32. The van der Waals surface area contributed by atoms with E-state index in [0.29, 0.717) is 5.56 Å². The second kappa shape index (κ2) is 7.42. The number of aryl methyl sites for hydroxylation is 1. The first kappa shape index (κ1) is 18.9. The second-order valence-corrected chi connectivity index (χ2v) is 6.54. The molecule has 1 aliphatic rings. The summed E-state index contributed by atoms with van der Waals surface area (Å²) >= 11 is 0. The highest BCUT2D eigenvalue weighted by atomic mass is 35.5. The molecule has 0 heterocycles. The molecule has 1 amide bonds. The summed E-state index contributed by atoms with van der Waals surface area (Å²) in [6.45, 7) is 5.61. The molecule has 1 fully saturated rings. The highest BCUT2D eigenvalue weighted by molar-refractivity contribution is 5.85. The Morgan fingerprint density at radius 1 is 1.45 bits per heavy atom.